The summed E-state index contributed by atoms with van der Waals surface area (Å²) in [6.07, 6.45) is 8.21. The maximum Gasteiger partial charge on any atom is 0.133 e. The van der Waals surface area contributed by atoms with Crippen LogP contribution in [0.15, 0.2) is 174 Å². The number of fused-ring (bicyclic) bond motifs is 2. The van der Waals surface area contributed by atoms with Crippen molar-refractivity contribution >= 4 is 23.5 Å². The first-order chi connectivity index (χ1) is 32.0. The molecule has 346 valence electrons. The fourth-order valence-corrected chi connectivity index (χ4v) is 8.58. The van der Waals surface area contributed by atoms with E-state index in [4.69, 9.17) is 34.3 Å². The zero-order valence-electron chi connectivity index (χ0n) is 37.5. The summed E-state index contributed by atoms with van der Waals surface area (Å²) in [6.45, 7) is 10.3. The van der Waals surface area contributed by atoms with Gasteiger partial charge in [0.15, 0.2) is 0 Å². The van der Waals surface area contributed by atoms with Crippen LogP contribution in [0.1, 0.15) is 38.5 Å². The molecule has 4 heterocycles. The summed E-state index contributed by atoms with van der Waals surface area (Å²) in [6, 6.07) is 51.2. The van der Waals surface area contributed by atoms with E-state index >= 15 is 0 Å². The number of phenolic OH excluding ortho intramolecular Hbond substituents is 3. The highest BCUT2D eigenvalue weighted by atomic mass is 32.2. The van der Waals surface area contributed by atoms with Crippen LogP contribution in [0.25, 0.3) is 0 Å². The molecule has 0 aromatic heterocycles. The lowest BCUT2D eigenvalue weighted by molar-refractivity contribution is 0.183. The first kappa shape index (κ1) is 50.5. The molecular formula is C54H66N2O7S2. The van der Waals surface area contributed by atoms with Crippen LogP contribution in [0.2, 0.25) is 0 Å². The van der Waals surface area contributed by atoms with Gasteiger partial charge in [0.2, 0.25) is 0 Å². The Balaban J connectivity index is 0.000000150. The molecule has 6 aromatic rings. The average molecular weight is 919 g/mol. The first-order valence-electron chi connectivity index (χ1n) is 22.7. The van der Waals surface area contributed by atoms with Crippen molar-refractivity contribution < 1.29 is 34.3 Å². The molecule has 3 N–H and O–H groups in total. The number of rotatable bonds is 8. The average Bonchev–Trinajstić information content (AvgIpc) is 3.37. The zero-order valence-corrected chi connectivity index (χ0v) is 39.1. The van der Waals surface area contributed by atoms with Gasteiger partial charge in [0, 0.05) is 24.6 Å². The third-order valence-electron chi connectivity index (χ3n) is 10.2. The van der Waals surface area contributed by atoms with Crippen molar-refractivity contribution in [3.05, 3.63) is 164 Å². The van der Waals surface area contributed by atoms with Gasteiger partial charge in [-0.05, 0) is 125 Å². The minimum atomic E-state index is 0.307. The Labute approximate surface area is 395 Å². The number of piperidine rings is 2. The standard InChI is InChI=1S/2C13H19NO.2C8H8O2S.C6H6O.C6H6/c2*1-3-7-13(8-4-1)15-12-11-14-9-5-2-6-10-14;2*9-6-1-2-7-8(5-6)11-4-3-10-7;7-6-4-2-1-3-5-6;1-2-4-6-5-3-1/h2*1,3-4,7-8H,2,5-6,9-12H2;2*1-2,5,9H,3-4H2;1-5,7H;1-6H. The Morgan fingerprint density at radius 3 is 1.12 bits per heavy atom. The van der Waals surface area contributed by atoms with Gasteiger partial charge < -0.3 is 34.3 Å². The minimum Gasteiger partial charge on any atom is -0.508 e. The monoisotopic (exact) mass is 918 g/mol. The van der Waals surface area contributed by atoms with Crippen LogP contribution in [-0.4, -0.2) is 102 Å². The Morgan fingerprint density at radius 1 is 0.415 bits per heavy atom. The highest BCUT2D eigenvalue weighted by Crippen LogP contribution is 2.36. The number of ether oxygens (including phenoxy) is 4. The maximum absolute atomic E-state index is 9.12. The van der Waals surface area contributed by atoms with E-state index in [2.05, 4.69) is 9.80 Å². The van der Waals surface area contributed by atoms with E-state index in [0.29, 0.717) is 17.2 Å². The number of aromatic hydroxyl groups is 3. The molecule has 0 aliphatic carbocycles. The molecule has 2 fully saturated rings. The maximum atomic E-state index is 9.12. The Kier molecular flexibility index (Phi) is 24.4. The summed E-state index contributed by atoms with van der Waals surface area (Å²) in [4.78, 5) is 7.06. The van der Waals surface area contributed by atoms with Gasteiger partial charge in [-0.2, -0.15) is 0 Å². The van der Waals surface area contributed by atoms with Crippen LogP contribution in [0.5, 0.6) is 40.2 Å². The van der Waals surface area contributed by atoms with E-state index in [1.54, 1.807) is 84.2 Å². The van der Waals surface area contributed by atoms with Crippen LogP contribution in [0.3, 0.4) is 0 Å². The lowest BCUT2D eigenvalue weighted by Gasteiger charge is -2.26. The topological polar surface area (TPSA) is 104 Å². The van der Waals surface area contributed by atoms with Crippen LogP contribution < -0.4 is 18.9 Å². The molecule has 11 heteroatoms. The normalized spacial score (nSPS) is 15.0. The fourth-order valence-electron chi connectivity index (χ4n) is 6.86. The fraction of sp³-hybridized carbons (Fsp3) is 0.333. The molecule has 0 spiro atoms. The molecule has 0 radical (unpaired) electrons. The third-order valence-corrected chi connectivity index (χ3v) is 12.2. The molecule has 10 rings (SSSR count). The van der Waals surface area contributed by atoms with Crippen LogP contribution in [-0.2, 0) is 0 Å². The largest absolute Gasteiger partial charge is 0.508 e. The van der Waals surface area contributed by atoms with Gasteiger partial charge in [0.05, 0.1) is 23.0 Å². The molecule has 9 nitrogen and oxygen atoms in total. The minimum absolute atomic E-state index is 0.307. The quantitative estimate of drug-likeness (QED) is 0.136. The van der Waals surface area contributed by atoms with Crippen molar-refractivity contribution in [2.45, 2.75) is 48.3 Å². The number of hydrogen-bond donors (Lipinski definition) is 3. The highest BCUT2D eigenvalue weighted by molar-refractivity contribution is 7.99. The number of nitrogens with zero attached hydrogens (tertiary/aromatic N) is 2. The van der Waals surface area contributed by atoms with Gasteiger partial charge in [0.1, 0.15) is 53.5 Å². The van der Waals surface area contributed by atoms with E-state index < -0.39 is 0 Å². The molecule has 4 aliphatic rings. The van der Waals surface area contributed by atoms with E-state index in [1.807, 2.05) is 103 Å². The van der Waals surface area contributed by atoms with Gasteiger partial charge in [0.25, 0.3) is 0 Å². The number of para-hydroxylation sites is 3. The second-order valence-electron chi connectivity index (χ2n) is 15.3. The summed E-state index contributed by atoms with van der Waals surface area (Å²) in [5, 5.41) is 26.9. The van der Waals surface area contributed by atoms with Crippen molar-refractivity contribution in [3.8, 4) is 40.2 Å². The van der Waals surface area contributed by atoms with Crippen molar-refractivity contribution in [2.24, 2.45) is 0 Å². The van der Waals surface area contributed by atoms with Gasteiger partial charge in [-0.3, -0.25) is 9.80 Å². The lowest BCUT2D eigenvalue weighted by Crippen LogP contribution is -2.33. The molecule has 0 amide bonds. The number of likely N-dealkylation sites (tertiary alicyclic amines) is 2. The summed E-state index contributed by atoms with van der Waals surface area (Å²) in [5.74, 6) is 6.61. The molecule has 0 atom stereocenters. The summed E-state index contributed by atoms with van der Waals surface area (Å²) >= 11 is 3.44. The highest BCUT2D eigenvalue weighted by Gasteiger charge is 2.12. The van der Waals surface area contributed by atoms with Crippen molar-refractivity contribution in [1.29, 1.82) is 0 Å². The van der Waals surface area contributed by atoms with Crippen molar-refractivity contribution in [2.75, 3.05) is 77.2 Å². The van der Waals surface area contributed by atoms with Gasteiger partial charge >= 0.3 is 0 Å². The van der Waals surface area contributed by atoms with Gasteiger partial charge in [-0.1, -0.05) is 104 Å². The molecule has 4 aliphatic heterocycles. The molecule has 6 aromatic carbocycles. The SMILES string of the molecule is Oc1ccc2c(c1)SCCO2.Oc1ccc2c(c1)SCCO2.Oc1ccccc1.c1ccc(OCCN2CCCCC2)cc1.c1ccc(OCCN2CCCCC2)cc1.c1ccccc1. The van der Waals surface area contributed by atoms with Crippen LogP contribution in [0.4, 0.5) is 0 Å². The van der Waals surface area contributed by atoms with Crippen LogP contribution in [0, 0.1) is 0 Å². The van der Waals surface area contributed by atoms with E-state index in [-0.39, 0.29) is 0 Å². The van der Waals surface area contributed by atoms with Gasteiger partial charge in [-0.25, -0.2) is 0 Å². The van der Waals surface area contributed by atoms with E-state index in [0.717, 1.165) is 83.8 Å². The predicted molar refractivity (Wildman–Crippen MR) is 268 cm³/mol. The number of phenols is 3. The molecule has 65 heavy (non-hydrogen) atoms. The smallest absolute Gasteiger partial charge is 0.133 e. The number of thioether (sulfide) groups is 2. The molecular weight excluding hydrogens is 853 g/mol. The predicted octanol–water partition coefficient (Wildman–Crippen LogP) is 11.9. The zero-order chi connectivity index (χ0) is 45.4. The number of hydrogen-bond acceptors (Lipinski definition) is 11. The first-order valence-corrected chi connectivity index (χ1v) is 24.7. The Morgan fingerprint density at radius 2 is 0.769 bits per heavy atom. The Hall–Kier alpha value is -5.46. The van der Waals surface area contributed by atoms with E-state index in [9.17, 15) is 0 Å². The third kappa shape index (κ3) is 21.9. The summed E-state index contributed by atoms with van der Waals surface area (Å²) < 4.78 is 22.0. The Bertz CT molecular complexity index is 1950. The van der Waals surface area contributed by atoms with Crippen LogP contribution >= 0.6 is 23.5 Å². The second kappa shape index (κ2) is 31.4. The summed E-state index contributed by atoms with van der Waals surface area (Å²) in [7, 11) is 0. The second-order valence-corrected chi connectivity index (χ2v) is 17.5. The molecule has 0 saturated carbocycles. The summed E-state index contributed by atoms with van der Waals surface area (Å²) in [5.41, 5.74) is 0. The van der Waals surface area contributed by atoms with Gasteiger partial charge in [-0.15, -0.1) is 23.5 Å². The van der Waals surface area contributed by atoms with Crippen molar-refractivity contribution in [1.82, 2.24) is 9.80 Å². The molecule has 2 saturated heterocycles. The van der Waals surface area contributed by atoms with Crippen molar-refractivity contribution in [3.63, 3.8) is 0 Å². The lowest BCUT2D eigenvalue weighted by atomic mass is 10.1. The number of benzene rings is 6. The molecule has 0 unspecified atom stereocenters. The van der Waals surface area contributed by atoms with E-state index in [1.165, 1.54) is 64.7 Å². The molecule has 0 bridgehead atoms.